The van der Waals surface area contributed by atoms with E-state index >= 15 is 0 Å². The molecule has 0 aliphatic carbocycles. The minimum absolute atomic E-state index is 0.508. The van der Waals surface area contributed by atoms with Crippen LogP contribution in [0.2, 0.25) is 0 Å². The smallest absolute Gasteiger partial charge is 0.124 e. The van der Waals surface area contributed by atoms with Crippen LogP contribution < -0.4 is 4.74 Å². The second-order valence-corrected chi connectivity index (χ2v) is 3.87. The summed E-state index contributed by atoms with van der Waals surface area (Å²) in [6.07, 6.45) is -0.508. The Morgan fingerprint density at radius 1 is 1.46 bits per heavy atom. The maximum absolute atomic E-state index is 9.45. The lowest BCUT2D eigenvalue weighted by Gasteiger charge is -2.12. The minimum atomic E-state index is -0.508. The summed E-state index contributed by atoms with van der Waals surface area (Å²) in [4.78, 5) is 0. The summed E-state index contributed by atoms with van der Waals surface area (Å²) >= 11 is 3.41. The molecule has 0 amide bonds. The van der Waals surface area contributed by atoms with Gasteiger partial charge in [0, 0.05) is 10.0 Å². The van der Waals surface area contributed by atoms with E-state index in [-0.39, 0.29) is 0 Å². The number of hydrogen-bond acceptors (Lipinski definition) is 2. The van der Waals surface area contributed by atoms with Gasteiger partial charge in [0.05, 0.1) is 13.2 Å². The summed E-state index contributed by atoms with van der Waals surface area (Å²) in [5, 5.41) is 9.45. The summed E-state index contributed by atoms with van der Waals surface area (Å²) in [6, 6.07) is 3.80. The fraction of sp³-hybridized carbons (Fsp3) is 0.400. The average molecular weight is 245 g/mol. The van der Waals surface area contributed by atoms with E-state index in [1.807, 2.05) is 19.1 Å². The molecule has 0 saturated heterocycles. The molecule has 0 saturated carbocycles. The van der Waals surface area contributed by atoms with Crippen molar-refractivity contribution in [3.63, 3.8) is 0 Å². The molecule has 0 aliphatic rings. The summed E-state index contributed by atoms with van der Waals surface area (Å²) < 4.78 is 6.15. The van der Waals surface area contributed by atoms with Gasteiger partial charge in [-0.1, -0.05) is 15.9 Å². The number of aryl methyl sites for hydroxylation is 1. The van der Waals surface area contributed by atoms with E-state index in [1.54, 1.807) is 14.0 Å². The Morgan fingerprint density at radius 2 is 2.08 bits per heavy atom. The molecular weight excluding hydrogens is 232 g/mol. The summed E-state index contributed by atoms with van der Waals surface area (Å²) in [6.45, 7) is 3.71. The van der Waals surface area contributed by atoms with Crippen molar-refractivity contribution in [3.05, 3.63) is 27.7 Å². The van der Waals surface area contributed by atoms with Gasteiger partial charge in [0.1, 0.15) is 5.75 Å². The van der Waals surface area contributed by atoms with Crippen LogP contribution in [0.4, 0.5) is 0 Å². The van der Waals surface area contributed by atoms with Gasteiger partial charge in [-0.2, -0.15) is 0 Å². The van der Waals surface area contributed by atoms with Gasteiger partial charge in [-0.25, -0.2) is 0 Å². The van der Waals surface area contributed by atoms with E-state index in [0.717, 1.165) is 21.3 Å². The van der Waals surface area contributed by atoms with Crippen LogP contribution in [0.15, 0.2) is 16.6 Å². The zero-order valence-corrected chi connectivity index (χ0v) is 9.55. The van der Waals surface area contributed by atoms with Crippen molar-refractivity contribution in [1.29, 1.82) is 0 Å². The normalized spacial score (nSPS) is 12.7. The zero-order chi connectivity index (χ0) is 10.0. The predicted molar refractivity (Wildman–Crippen MR) is 56.1 cm³/mol. The third-order valence-electron chi connectivity index (χ3n) is 1.96. The molecule has 72 valence electrons. The van der Waals surface area contributed by atoms with Crippen molar-refractivity contribution < 1.29 is 9.84 Å². The van der Waals surface area contributed by atoms with Crippen LogP contribution in [0.1, 0.15) is 24.2 Å². The number of aliphatic hydroxyl groups is 1. The van der Waals surface area contributed by atoms with Gasteiger partial charge in [0.2, 0.25) is 0 Å². The number of ether oxygens (including phenoxy) is 1. The summed E-state index contributed by atoms with van der Waals surface area (Å²) in [7, 11) is 1.61. The fourth-order valence-electron chi connectivity index (χ4n) is 1.17. The van der Waals surface area contributed by atoms with Gasteiger partial charge in [-0.3, -0.25) is 0 Å². The molecule has 2 nitrogen and oxygen atoms in total. The van der Waals surface area contributed by atoms with Gasteiger partial charge < -0.3 is 9.84 Å². The van der Waals surface area contributed by atoms with Crippen molar-refractivity contribution >= 4 is 15.9 Å². The molecule has 0 radical (unpaired) electrons. The van der Waals surface area contributed by atoms with Gasteiger partial charge >= 0.3 is 0 Å². The van der Waals surface area contributed by atoms with Crippen LogP contribution in [0.3, 0.4) is 0 Å². The highest BCUT2D eigenvalue weighted by atomic mass is 79.9. The summed E-state index contributed by atoms with van der Waals surface area (Å²) in [5.74, 6) is 0.732. The molecule has 1 rings (SSSR count). The van der Waals surface area contributed by atoms with Crippen molar-refractivity contribution in [2.24, 2.45) is 0 Å². The largest absolute Gasteiger partial charge is 0.496 e. The second kappa shape index (κ2) is 4.11. The molecule has 1 atom stereocenters. The van der Waals surface area contributed by atoms with E-state index in [9.17, 15) is 5.11 Å². The van der Waals surface area contributed by atoms with Crippen LogP contribution in [0.5, 0.6) is 5.75 Å². The average Bonchev–Trinajstić information content (AvgIpc) is 2.08. The predicted octanol–water partition coefficient (Wildman–Crippen LogP) is 2.82. The third-order valence-corrected chi connectivity index (χ3v) is 2.82. The van der Waals surface area contributed by atoms with Crippen LogP contribution in [-0.4, -0.2) is 12.2 Å². The first-order valence-electron chi connectivity index (χ1n) is 4.08. The van der Waals surface area contributed by atoms with Crippen LogP contribution in [0.25, 0.3) is 0 Å². The van der Waals surface area contributed by atoms with Crippen LogP contribution in [-0.2, 0) is 0 Å². The number of hydrogen-bond donors (Lipinski definition) is 1. The molecule has 0 bridgehead atoms. The molecule has 13 heavy (non-hydrogen) atoms. The number of methoxy groups -OCH3 is 1. The van der Waals surface area contributed by atoms with Crippen molar-refractivity contribution in [2.75, 3.05) is 7.11 Å². The fourth-order valence-corrected chi connectivity index (χ4v) is 1.53. The minimum Gasteiger partial charge on any atom is -0.496 e. The molecular formula is C10H13BrO2. The molecule has 3 heteroatoms. The van der Waals surface area contributed by atoms with E-state index in [1.165, 1.54) is 0 Å². The molecule has 0 heterocycles. The Labute approximate surface area is 86.7 Å². The Morgan fingerprint density at radius 3 is 2.54 bits per heavy atom. The molecule has 0 spiro atoms. The number of rotatable bonds is 2. The molecule has 0 aliphatic heterocycles. The van der Waals surface area contributed by atoms with Crippen molar-refractivity contribution in [2.45, 2.75) is 20.0 Å². The molecule has 0 unspecified atom stereocenters. The lowest BCUT2D eigenvalue weighted by Crippen LogP contribution is -1.97. The monoisotopic (exact) mass is 244 g/mol. The third kappa shape index (κ3) is 2.23. The van der Waals surface area contributed by atoms with Crippen molar-refractivity contribution in [1.82, 2.24) is 0 Å². The van der Waals surface area contributed by atoms with E-state index in [2.05, 4.69) is 15.9 Å². The van der Waals surface area contributed by atoms with Gasteiger partial charge in [0.25, 0.3) is 0 Å². The second-order valence-electron chi connectivity index (χ2n) is 3.02. The molecule has 0 fully saturated rings. The van der Waals surface area contributed by atoms with E-state index < -0.39 is 6.10 Å². The highest BCUT2D eigenvalue weighted by Gasteiger charge is 2.10. The lowest BCUT2D eigenvalue weighted by atomic mass is 10.1. The maximum Gasteiger partial charge on any atom is 0.124 e. The topological polar surface area (TPSA) is 29.5 Å². The quantitative estimate of drug-likeness (QED) is 0.868. The maximum atomic E-state index is 9.45. The Kier molecular flexibility index (Phi) is 3.33. The van der Waals surface area contributed by atoms with Gasteiger partial charge in [0.15, 0.2) is 0 Å². The number of benzene rings is 1. The lowest BCUT2D eigenvalue weighted by molar-refractivity contribution is 0.194. The Bertz CT molecular complexity index is 308. The van der Waals surface area contributed by atoms with Crippen LogP contribution in [0, 0.1) is 6.92 Å². The number of aliphatic hydroxyl groups excluding tert-OH is 1. The highest BCUT2D eigenvalue weighted by molar-refractivity contribution is 9.10. The van der Waals surface area contributed by atoms with E-state index in [4.69, 9.17) is 4.74 Å². The Hall–Kier alpha value is -0.540. The standard InChI is InChI=1S/C10H13BrO2/c1-6-4-10(13-3)8(7(2)12)5-9(6)11/h4-5,7,12H,1-3H3/t7-/m0/s1. The first-order valence-corrected chi connectivity index (χ1v) is 4.87. The van der Waals surface area contributed by atoms with Crippen LogP contribution >= 0.6 is 15.9 Å². The SMILES string of the molecule is COc1cc(C)c(Br)cc1[C@H](C)O. The van der Waals surface area contributed by atoms with E-state index in [0.29, 0.717) is 0 Å². The highest BCUT2D eigenvalue weighted by Crippen LogP contribution is 2.30. The molecule has 0 aromatic heterocycles. The number of halogens is 1. The molecule has 1 N–H and O–H groups in total. The Balaban J connectivity index is 3.25. The summed E-state index contributed by atoms with van der Waals surface area (Å²) in [5.41, 5.74) is 1.90. The van der Waals surface area contributed by atoms with Gasteiger partial charge in [-0.15, -0.1) is 0 Å². The zero-order valence-electron chi connectivity index (χ0n) is 7.97. The van der Waals surface area contributed by atoms with Crippen molar-refractivity contribution in [3.8, 4) is 5.75 Å². The van der Waals surface area contributed by atoms with Gasteiger partial charge in [-0.05, 0) is 31.5 Å². The molecule has 1 aromatic rings. The first kappa shape index (κ1) is 10.5. The first-order chi connectivity index (χ1) is 6.06. The molecule has 1 aromatic carbocycles.